The molecular weight excluding hydrogens is 228 g/mol. The molecule has 3 N–H and O–H groups in total. The third kappa shape index (κ3) is 2.20. The Morgan fingerprint density at radius 3 is 2.67 bits per heavy atom. The van der Waals surface area contributed by atoms with E-state index in [9.17, 15) is 0 Å². The zero-order chi connectivity index (χ0) is 12.6. The fraction of sp³-hybridized carbons (Fsp3) is 1.00. The molecule has 0 amide bonds. The quantitative estimate of drug-likeness (QED) is 0.593. The number of ether oxygens (including phenoxy) is 2. The standard InChI is InChI=1S/C14H26N2O2/c1-10-12(4-7-17-10)13(16-15)11-3-8-18-14(9-11)5-2-6-14/h10-13,16H,2-9,15H2,1H3. The monoisotopic (exact) mass is 254 g/mol. The summed E-state index contributed by atoms with van der Waals surface area (Å²) in [6.07, 6.45) is 7.63. The smallest absolute Gasteiger partial charge is 0.0685 e. The van der Waals surface area contributed by atoms with Crippen molar-refractivity contribution in [2.24, 2.45) is 17.7 Å². The van der Waals surface area contributed by atoms with E-state index in [1.807, 2.05) is 0 Å². The zero-order valence-electron chi connectivity index (χ0n) is 11.4. The maximum Gasteiger partial charge on any atom is 0.0685 e. The lowest BCUT2D eigenvalue weighted by atomic mass is 9.68. The third-order valence-electron chi connectivity index (χ3n) is 5.39. The van der Waals surface area contributed by atoms with Crippen molar-refractivity contribution in [3.63, 3.8) is 0 Å². The van der Waals surface area contributed by atoms with E-state index in [0.717, 1.165) is 26.1 Å². The zero-order valence-corrected chi connectivity index (χ0v) is 11.4. The van der Waals surface area contributed by atoms with E-state index in [1.165, 1.54) is 25.7 Å². The van der Waals surface area contributed by atoms with Crippen LogP contribution in [0.5, 0.6) is 0 Å². The Morgan fingerprint density at radius 1 is 1.28 bits per heavy atom. The molecule has 2 saturated heterocycles. The summed E-state index contributed by atoms with van der Waals surface area (Å²) in [5.41, 5.74) is 3.30. The van der Waals surface area contributed by atoms with E-state index in [-0.39, 0.29) is 5.60 Å². The largest absolute Gasteiger partial charge is 0.378 e. The summed E-state index contributed by atoms with van der Waals surface area (Å²) < 4.78 is 11.7. The minimum atomic E-state index is 0.209. The molecule has 0 bridgehead atoms. The van der Waals surface area contributed by atoms with Gasteiger partial charge >= 0.3 is 0 Å². The number of hydrogen-bond donors (Lipinski definition) is 2. The van der Waals surface area contributed by atoms with E-state index in [1.54, 1.807) is 0 Å². The second-order valence-electron chi connectivity index (χ2n) is 6.36. The van der Waals surface area contributed by atoms with Crippen molar-refractivity contribution >= 4 is 0 Å². The van der Waals surface area contributed by atoms with Gasteiger partial charge in [-0.05, 0) is 51.4 Å². The topological polar surface area (TPSA) is 56.5 Å². The van der Waals surface area contributed by atoms with E-state index < -0.39 is 0 Å². The van der Waals surface area contributed by atoms with Gasteiger partial charge in [-0.25, -0.2) is 0 Å². The highest BCUT2D eigenvalue weighted by atomic mass is 16.5. The van der Waals surface area contributed by atoms with Crippen molar-refractivity contribution in [3.8, 4) is 0 Å². The normalized spacial score (nSPS) is 40.7. The van der Waals surface area contributed by atoms with Gasteiger partial charge in [-0.15, -0.1) is 0 Å². The predicted molar refractivity (Wildman–Crippen MR) is 69.9 cm³/mol. The Kier molecular flexibility index (Phi) is 3.63. The average Bonchev–Trinajstić information content (AvgIpc) is 2.75. The van der Waals surface area contributed by atoms with Crippen LogP contribution in [0.25, 0.3) is 0 Å². The lowest BCUT2D eigenvalue weighted by Crippen LogP contribution is -2.54. The van der Waals surface area contributed by atoms with E-state index in [2.05, 4.69) is 12.3 Å². The fourth-order valence-electron chi connectivity index (χ4n) is 4.12. The summed E-state index contributed by atoms with van der Waals surface area (Å²) in [5.74, 6) is 7.06. The molecule has 2 heterocycles. The first-order chi connectivity index (χ1) is 8.74. The van der Waals surface area contributed by atoms with Gasteiger partial charge < -0.3 is 9.47 Å². The van der Waals surface area contributed by atoms with Crippen LogP contribution in [-0.4, -0.2) is 31.0 Å². The molecule has 0 aromatic rings. The van der Waals surface area contributed by atoms with Crippen LogP contribution in [0.3, 0.4) is 0 Å². The Bertz CT molecular complexity index is 294. The predicted octanol–water partition coefficient (Wildman–Crippen LogP) is 1.59. The molecule has 4 nitrogen and oxygen atoms in total. The second-order valence-corrected chi connectivity index (χ2v) is 6.36. The van der Waals surface area contributed by atoms with Crippen molar-refractivity contribution in [2.75, 3.05) is 13.2 Å². The average molecular weight is 254 g/mol. The molecule has 4 atom stereocenters. The first-order valence-corrected chi connectivity index (χ1v) is 7.46. The van der Waals surface area contributed by atoms with Crippen LogP contribution in [0.4, 0.5) is 0 Å². The van der Waals surface area contributed by atoms with Crippen molar-refractivity contribution in [3.05, 3.63) is 0 Å². The molecule has 0 aromatic heterocycles. The van der Waals surface area contributed by atoms with Crippen molar-refractivity contribution in [1.29, 1.82) is 0 Å². The molecular formula is C14H26N2O2. The first kappa shape index (κ1) is 12.9. The molecule has 2 aliphatic heterocycles. The van der Waals surface area contributed by atoms with Crippen molar-refractivity contribution in [1.82, 2.24) is 5.43 Å². The van der Waals surface area contributed by atoms with Gasteiger partial charge in [0.2, 0.25) is 0 Å². The molecule has 3 rings (SSSR count). The van der Waals surface area contributed by atoms with Crippen LogP contribution in [-0.2, 0) is 9.47 Å². The Morgan fingerprint density at radius 2 is 2.11 bits per heavy atom. The minimum absolute atomic E-state index is 0.209. The lowest BCUT2D eigenvalue weighted by Gasteiger charge is -2.49. The molecule has 3 fully saturated rings. The molecule has 4 unspecified atom stereocenters. The summed E-state index contributed by atoms with van der Waals surface area (Å²) in [4.78, 5) is 0. The van der Waals surface area contributed by atoms with Gasteiger partial charge in [-0.3, -0.25) is 11.3 Å². The highest BCUT2D eigenvalue weighted by Crippen LogP contribution is 2.46. The Hall–Kier alpha value is -0.160. The maximum atomic E-state index is 6.02. The van der Waals surface area contributed by atoms with Gasteiger partial charge in [0.25, 0.3) is 0 Å². The Labute approximate surface area is 110 Å². The second kappa shape index (κ2) is 5.08. The number of hydrazine groups is 1. The van der Waals surface area contributed by atoms with Crippen molar-refractivity contribution < 1.29 is 9.47 Å². The van der Waals surface area contributed by atoms with Crippen LogP contribution >= 0.6 is 0 Å². The van der Waals surface area contributed by atoms with Crippen LogP contribution in [0.1, 0.15) is 45.4 Å². The number of hydrogen-bond acceptors (Lipinski definition) is 4. The number of nitrogens with one attached hydrogen (secondary N) is 1. The van der Waals surface area contributed by atoms with Gasteiger partial charge in [0.15, 0.2) is 0 Å². The highest BCUT2D eigenvalue weighted by Gasteiger charge is 2.46. The molecule has 1 saturated carbocycles. The molecule has 1 spiro atoms. The van der Waals surface area contributed by atoms with Gasteiger partial charge in [0.1, 0.15) is 0 Å². The van der Waals surface area contributed by atoms with Crippen molar-refractivity contribution in [2.45, 2.75) is 63.2 Å². The van der Waals surface area contributed by atoms with E-state index in [4.69, 9.17) is 15.3 Å². The van der Waals surface area contributed by atoms with Gasteiger partial charge in [0, 0.05) is 25.2 Å². The third-order valence-corrected chi connectivity index (χ3v) is 5.39. The molecule has 1 aliphatic carbocycles. The molecule has 104 valence electrons. The molecule has 18 heavy (non-hydrogen) atoms. The number of nitrogens with two attached hydrogens (primary N) is 1. The summed E-state index contributed by atoms with van der Waals surface area (Å²) in [7, 11) is 0. The first-order valence-electron chi connectivity index (χ1n) is 7.46. The highest BCUT2D eigenvalue weighted by molar-refractivity contribution is 4.98. The van der Waals surface area contributed by atoms with Crippen LogP contribution in [0, 0.1) is 11.8 Å². The van der Waals surface area contributed by atoms with E-state index in [0.29, 0.717) is 24.0 Å². The van der Waals surface area contributed by atoms with Crippen LogP contribution in [0.2, 0.25) is 0 Å². The lowest BCUT2D eigenvalue weighted by molar-refractivity contribution is -0.149. The van der Waals surface area contributed by atoms with Crippen LogP contribution < -0.4 is 11.3 Å². The van der Waals surface area contributed by atoms with E-state index >= 15 is 0 Å². The minimum Gasteiger partial charge on any atom is -0.378 e. The molecule has 3 aliphatic rings. The van der Waals surface area contributed by atoms with Gasteiger partial charge in [0.05, 0.1) is 11.7 Å². The van der Waals surface area contributed by atoms with Gasteiger partial charge in [-0.2, -0.15) is 0 Å². The Balaban J connectivity index is 1.67. The summed E-state index contributed by atoms with van der Waals surface area (Å²) in [6, 6.07) is 0.392. The summed E-state index contributed by atoms with van der Waals surface area (Å²) in [5, 5.41) is 0. The summed E-state index contributed by atoms with van der Waals surface area (Å²) in [6.45, 7) is 3.98. The SMILES string of the molecule is CC1OCCC1C(NN)C1CCOC2(CCC2)C1. The van der Waals surface area contributed by atoms with Crippen LogP contribution in [0.15, 0.2) is 0 Å². The van der Waals surface area contributed by atoms with Gasteiger partial charge in [-0.1, -0.05) is 0 Å². The molecule has 0 aromatic carbocycles. The fourth-order valence-corrected chi connectivity index (χ4v) is 4.12. The summed E-state index contributed by atoms with van der Waals surface area (Å²) >= 11 is 0. The number of rotatable bonds is 3. The maximum absolute atomic E-state index is 6.02. The molecule has 0 radical (unpaired) electrons. The molecule has 4 heteroatoms.